The Morgan fingerprint density at radius 1 is 1.80 bits per heavy atom. The summed E-state index contributed by atoms with van der Waals surface area (Å²) in [4.78, 5) is 10.0. The van der Waals surface area contributed by atoms with Crippen molar-refractivity contribution in [3.05, 3.63) is 0 Å². The van der Waals surface area contributed by atoms with Crippen molar-refractivity contribution < 1.29 is 14.6 Å². The Balaban J connectivity index is 2.07. The van der Waals surface area contributed by atoms with Gasteiger partial charge in [0.2, 0.25) is 0 Å². The number of ether oxygens (including phenoxy) is 1. The highest BCUT2D eigenvalue weighted by atomic mass is 16.5. The van der Waals surface area contributed by atoms with Gasteiger partial charge in [-0.05, 0) is 13.0 Å². The molecule has 0 aliphatic carbocycles. The topological polar surface area (TPSA) is 58.6 Å². The van der Waals surface area contributed by atoms with Crippen LogP contribution in [-0.4, -0.2) is 36.9 Å². The number of hydrogen-bond acceptors (Lipinski definition) is 3. The highest BCUT2D eigenvalue weighted by Crippen LogP contribution is 2.01. The number of carboxylic acids is 1. The van der Waals surface area contributed by atoms with Gasteiger partial charge in [-0.1, -0.05) is 0 Å². The van der Waals surface area contributed by atoms with Gasteiger partial charge in [0.25, 0.3) is 0 Å². The first kappa shape index (κ1) is 7.50. The van der Waals surface area contributed by atoms with Gasteiger partial charge in [0.05, 0.1) is 6.10 Å². The number of rotatable bonds is 3. The molecule has 1 atom stereocenters. The van der Waals surface area contributed by atoms with Crippen LogP contribution in [0.15, 0.2) is 0 Å². The van der Waals surface area contributed by atoms with Gasteiger partial charge in [0.1, 0.15) is 6.61 Å². The summed E-state index contributed by atoms with van der Waals surface area (Å²) in [7, 11) is 0. The average Bonchev–Trinajstić information content (AvgIpc) is 2.34. The van der Waals surface area contributed by atoms with E-state index in [1.54, 1.807) is 0 Å². The Labute approximate surface area is 59.2 Å². The van der Waals surface area contributed by atoms with Crippen LogP contribution in [-0.2, 0) is 9.53 Å². The summed E-state index contributed by atoms with van der Waals surface area (Å²) in [6.07, 6.45) is 1.03. The molecular formula is C6H11NO3. The Morgan fingerprint density at radius 2 is 2.60 bits per heavy atom. The quantitative estimate of drug-likeness (QED) is 0.559. The van der Waals surface area contributed by atoms with E-state index in [0.29, 0.717) is 0 Å². The standard InChI is InChI=1S/C6H11NO3/c8-6(9)4-10-5-1-2-7-3-5/h5,7H,1-4H2,(H,8,9). The molecule has 0 aromatic rings. The molecule has 0 aromatic heterocycles. The lowest BCUT2D eigenvalue weighted by molar-refractivity contribution is -0.143. The van der Waals surface area contributed by atoms with Gasteiger partial charge in [-0.2, -0.15) is 0 Å². The van der Waals surface area contributed by atoms with Gasteiger partial charge in [-0.25, -0.2) is 4.79 Å². The highest BCUT2D eigenvalue weighted by Gasteiger charge is 2.15. The molecular weight excluding hydrogens is 134 g/mol. The summed E-state index contributed by atoms with van der Waals surface area (Å²) < 4.78 is 5.00. The van der Waals surface area contributed by atoms with Crippen molar-refractivity contribution in [2.24, 2.45) is 0 Å². The van der Waals surface area contributed by atoms with E-state index in [1.807, 2.05) is 0 Å². The van der Waals surface area contributed by atoms with Gasteiger partial charge in [-0.3, -0.25) is 0 Å². The van der Waals surface area contributed by atoms with Crippen LogP contribution in [0, 0.1) is 0 Å². The van der Waals surface area contributed by atoms with Crippen LogP contribution in [0.1, 0.15) is 6.42 Å². The number of aliphatic carboxylic acids is 1. The van der Waals surface area contributed by atoms with E-state index in [1.165, 1.54) is 0 Å². The zero-order chi connectivity index (χ0) is 7.40. The predicted octanol–water partition coefficient (Wildman–Crippen LogP) is -0.551. The number of nitrogens with one attached hydrogen (secondary N) is 1. The molecule has 0 spiro atoms. The second-order valence-electron chi connectivity index (χ2n) is 2.32. The molecule has 1 fully saturated rings. The fraction of sp³-hybridized carbons (Fsp3) is 0.833. The summed E-state index contributed by atoms with van der Waals surface area (Å²) in [5.41, 5.74) is 0. The van der Waals surface area contributed by atoms with Crippen LogP contribution in [0.3, 0.4) is 0 Å². The maximum atomic E-state index is 10.0. The van der Waals surface area contributed by atoms with E-state index in [0.717, 1.165) is 19.5 Å². The molecule has 10 heavy (non-hydrogen) atoms. The maximum absolute atomic E-state index is 10.0. The predicted molar refractivity (Wildman–Crippen MR) is 34.9 cm³/mol. The molecule has 0 bridgehead atoms. The van der Waals surface area contributed by atoms with E-state index >= 15 is 0 Å². The molecule has 0 saturated carbocycles. The van der Waals surface area contributed by atoms with Crippen molar-refractivity contribution in [1.82, 2.24) is 5.32 Å². The second-order valence-corrected chi connectivity index (χ2v) is 2.32. The third-order valence-electron chi connectivity index (χ3n) is 1.46. The lowest BCUT2D eigenvalue weighted by Gasteiger charge is -2.06. The van der Waals surface area contributed by atoms with Gasteiger partial charge < -0.3 is 15.2 Å². The molecule has 1 aliphatic rings. The van der Waals surface area contributed by atoms with E-state index in [2.05, 4.69) is 5.32 Å². The third-order valence-corrected chi connectivity index (χ3v) is 1.46. The summed E-state index contributed by atoms with van der Waals surface area (Å²) in [5.74, 6) is -0.896. The maximum Gasteiger partial charge on any atom is 0.329 e. The summed E-state index contributed by atoms with van der Waals surface area (Å²) in [6.45, 7) is 1.55. The molecule has 58 valence electrons. The molecule has 1 rings (SSSR count). The van der Waals surface area contributed by atoms with E-state index in [9.17, 15) is 4.79 Å². The van der Waals surface area contributed by atoms with Gasteiger partial charge in [0.15, 0.2) is 0 Å². The molecule has 1 saturated heterocycles. The number of carboxylic acid groups (broad SMARTS) is 1. The smallest absolute Gasteiger partial charge is 0.329 e. The van der Waals surface area contributed by atoms with Crippen molar-refractivity contribution in [1.29, 1.82) is 0 Å². The fourth-order valence-corrected chi connectivity index (χ4v) is 0.960. The average molecular weight is 145 g/mol. The van der Waals surface area contributed by atoms with Crippen LogP contribution in [0.4, 0.5) is 0 Å². The first-order valence-corrected chi connectivity index (χ1v) is 3.33. The zero-order valence-corrected chi connectivity index (χ0v) is 5.67. The normalized spacial score (nSPS) is 25.0. The minimum Gasteiger partial charge on any atom is -0.480 e. The molecule has 1 aliphatic heterocycles. The van der Waals surface area contributed by atoms with Crippen molar-refractivity contribution in [2.75, 3.05) is 19.7 Å². The van der Waals surface area contributed by atoms with Gasteiger partial charge in [-0.15, -0.1) is 0 Å². The molecule has 1 heterocycles. The molecule has 4 nitrogen and oxygen atoms in total. The Hall–Kier alpha value is -0.610. The van der Waals surface area contributed by atoms with Crippen LogP contribution < -0.4 is 5.32 Å². The second kappa shape index (κ2) is 3.53. The number of hydrogen-bond donors (Lipinski definition) is 2. The first-order valence-electron chi connectivity index (χ1n) is 3.33. The van der Waals surface area contributed by atoms with Gasteiger partial charge in [0, 0.05) is 6.54 Å². The van der Waals surface area contributed by atoms with Crippen LogP contribution >= 0.6 is 0 Å². The molecule has 0 aromatic carbocycles. The Kier molecular flexibility index (Phi) is 2.65. The van der Waals surface area contributed by atoms with Crippen molar-refractivity contribution in [3.8, 4) is 0 Å². The summed E-state index contributed by atoms with van der Waals surface area (Å²) in [6, 6.07) is 0. The Bertz CT molecular complexity index is 120. The monoisotopic (exact) mass is 145 g/mol. The fourth-order valence-electron chi connectivity index (χ4n) is 0.960. The molecule has 4 heteroatoms. The largest absolute Gasteiger partial charge is 0.480 e. The van der Waals surface area contributed by atoms with Crippen molar-refractivity contribution in [3.63, 3.8) is 0 Å². The van der Waals surface area contributed by atoms with Gasteiger partial charge >= 0.3 is 5.97 Å². The van der Waals surface area contributed by atoms with E-state index < -0.39 is 5.97 Å². The minimum atomic E-state index is -0.896. The Morgan fingerprint density at radius 3 is 3.10 bits per heavy atom. The minimum absolute atomic E-state index is 0.107. The zero-order valence-electron chi connectivity index (χ0n) is 5.67. The SMILES string of the molecule is O=C(O)COC1CCNC1. The van der Waals surface area contributed by atoms with Crippen LogP contribution in [0.25, 0.3) is 0 Å². The molecule has 0 amide bonds. The lowest BCUT2D eigenvalue weighted by atomic mass is 10.3. The lowest BCUT2D eigenvalue weighted by Crippen LogP contribution is -2.20. The van der Waals surface area contributed by atoms with E-state index in [-0.39, 0.29) is 12.7 Å². The van der Waals surface area contributed by atoms with Crippen LogP contribution in [0.5, 0.6) is 0 Å². The first-order chi connectivity index (χ1) is 4.79. The van der Waals surface area contributed by atoms with E-state index in [4.69, 9.17) is 9.84 Å². The molecule has 2 N–H and O–H groups in total. The molecule has 0 radical (unpaired) electrons. The summed E-state index contributed by atoms with van der Waals surface area (Å²) in [5, 5.41) is 11.3. The van der Waals surface area contributed by atoms with Crippen molar-refractivity contribution in [2.45, 2.75) is 12.5 Å². The summed E-state index contributed by atoms with van der Waals surface area (Å²) >= 11 is 0. The molecule has 1 unspecified atom stereocenters. The highest BCUT2D eigenvalue weighted by molar-refractivity contribution is 5.68. The van der Waals surface area contributed by atoms with Crippen LogP contribution in [0.2, 0.25) is 0 Å². The van der Waals surface area contributed by atoms with Crippen molar-refractivity contribution >= 4 is 5.97 Å². The number of carbonyl (C=O) groups is 1. The third kappa shape index (κ3) is 2.33.